The molecular formula is C18H20N2O. The quantitative estimate of drug-likeness (QED) is 0.781. The zero-order valence-electron chi connectivity index (χ0n) is 12.4. The van der Waals surface area contributed by atoms with Gasteiger partial charge in [-0.3, -0.25) is 0 Å². The van der Waals surface area contributed by atoms with Crippen molar-refractivity contribution in [1.29, 1.82) is 0 Å². The molecule has 0 spiro atoms. The minimum absolute atomic E-state index is 0.134. The first-order valence-electron chi connectivity index (χ1n) is 7.42. The fourth-order valence-corrected chi connectivity index (χ4v) is 2.77. The molecule has 0 aliphatic carbocycles. The topological polar surface area (TPSA) is 38.1 Å². The van der Waals surface area contributed by atoms with Gasteiger partial charge in [0.1, 0.15) is 11.9 Å². The van der Waals surface area contributed by atoms with Gasteiger partial charge in [-0.25, -0.2) is 4.98 Å². The van der Waals surface area contributed by atoms with Gasteiger partial charge in [0.2, 0.25) is 0 Å². The molecule has 2 aromatic carbocycles. The molecule has 1 heterocycles. The van der Waals surface area contributed by atoms with Gasteiger partial charge in [0.15, 0.2) is 0 Å². The van der Waals surface area contributed by atoms with E-state index in [1.807, 2.05) is 43.3 Å². The number of hydrogen-bond donors (Lipinski definition) is 1. The first kappa shape index (κ1) is 13.8. The van der Waals surface area contributed by atoms with Gasteiger partial charge in [-0.05, 0) is 31.0 Å². The molecule has 108 valence electrons. The molecule has 3 nitrogen and oxygen atoms in total. The lowest BCUT2D eigenvalue weighted by molar-refractivity contribution is 0.158. The Bertz CT molecular complexity index is 733. The molecule has 0 radical (unpaired) electrons. The van der Waals surface area contributed by atoms with Gasteiger partial charge in [-0.15, -0.1) is 0 Å². The Morgan fingerprint density at radius 3 is 2.43 bits per heavy atom. The van der Waals surface area contributed by atoms with E-state index in [2.05, 4.69) is 34.7 Å². The fourth-order valence-electron chi connectivity index (χ4n) is 2.77. The Morgan fingerprint density at radius 2 is 1.71 bits per heavy atom. The molecule has 1 N–H and O–H groups in total. The zero-order valence-corrected chi connectivity index (χ0v) is 12.4. The SMILES string of the molecule is CC[C@H](O)c1nc2ccccc2n1[C@@H](C)c1ccccc1. The van der Waals surface area contributed by atoms with Crippen molar-refractivity contribution in [2.45, 2.75) is 32.4 Å². The number of hydrogen-bond acceptors (Lipinski definition) is 2. The molecule has 21 heavy (non-hydrogen) atoms. The van der Waals surface area contributed by atoms with Crippen molar-refractivity contribution in [1.82, 2.24) is 9.55 Å². The van der Waals surface area contributed by atoms with Crippen molar-refractivity contribution in [3.8, 4) is 0 Å². The summed E-state index contributed by atoms with van der Waals surface area (Å²) >= 11 is 0. The van der Waals surface area contributed by atoms with Crippen LogP contribution in [0.3, 0.4) is 0 Å². The number of fused-ring (bicyclic) bond motifs is 1. The third-order valence-electron chi connectivity index (χ3n) is 3.98. The van der Waals surface area contributed by atoms with Gasteiger partial charge in [0, 0.05) is 0 Å². The maximum absolute atomic E-state index is 10.3. The Balaban J connectivity index is 2.19. The number of imidazole rings is 1. The number of aromatic nitrogens is 2. The first-order chi connectivity index (χ1) is 10.2. The third kappa shape index (κ3) is 2.45. The van der Waals surface area contributed by atoms with Gasteiger partial charge in [-0.1, -0.05) is 49.4 Å². The number of aliphatic hydroxyl groups is 1. The summed E-state index contributed by atoms with van der Waals surface area (Å²) in [7, 11) is 0. The van der Waals surface area contributed by atoms with E-state index in [0.29, 0.717) is 6.42 Å². The van der Waals surface area contributed by atoms with Crippen LogP contribution in [0.5, 0.6) is 0 Å². The van der Waals surface area contributed by atoms with Crippen LogP contribution in [-0.2, 0) is 0 Å². The summed E-state index contributed by atoms with van der Waals surface area (Å²) in [5, 5.41) is 10.3. The Labute approximate surface area is 124 Å². The predicted octanol–water partition coefficient (Wildman–Crippen LogP) is 4.09. The number of para-hydroxylation sites is 2. The molecule has 3 rings (SSSR count). The van der Waals surface area contributed by atoms with E-state index < -0.39 is 6.10 Å². The van der Waals surface area contributed by atoms with Gasteiger partial charge in [0.05, 0.1) is 17.1 Å². The minimum Gasteiger partial charge on any atom is -0.385 e. The highest BCUT2D eigenvalue weighted by Gasteiger charge is 2.21. The summed E-state index contributed by atoms with van der Waals surface area (Å²) in [5.41, 5.74) is 3.21. The summed E-state index contributed by atoms with van der Waals surface area (Å²) in [5.74, 6) is 0.745. The molecule has 3 aromatic rings. The van der Waals surface area contributed by atoms with Crippen LogP contribution in [0.4, 0.5) is 0 Å². The first-order valence-corrected chi connectivity index (χ1v) is 7.42. The average Bonchev–Trinajstić information content (AvgIpc) is 2.93. The Hall–Kier alpha value is -2.13. The van der Waals surface area contributed by atoms with Gasteiger partial charge >= 0.3 is 0 Å². The van der Waals surface area contributed by atoms with Crippen LogP contribution in [0.15, 0.2) is 54.6 Å². The van der Waals surface area contributed by atoms with Crippen LogP contribution >= 0.6 is 0 Å². The second kappa shape index (κ2) is 5.70. The normalized spacial score (nSPS) is 14.2. The lowest BCUT2D eigenvalue weighted by Gasteiger charge is -2.20. The van der Waals surface area contributed by atoms with Crippen molar-refractivity contribution < 1.29 is 5.11 Å². The Morgan fingerprint density at radius 1 is 1.05 bits per heavy atom. The zero-order chi connectivity index (χ0) is 14.8. The Kier molecular flexibility index (Phi) is 3.76. The van der Waals surface area contributed by atoms with E-state index in [1.54, 1.807) is 0 Å². The monoisotopic (exact) mass is 280 g/mol. The lowest BCUT2D eigenvalue weighted by Crippen LogP contribution is -2.13. The minimum atomic E-state index is -0.538. The number of benzene rings is 2. The standard InChI is InChI=1S/C18H20N2O/c1-3-17(21)18-19-15-11-7-8-12-16(15)20(18)13(2)14-9-5-4-6-10-14/h4-13,17,21H,3H2,1-2H3/t13-,17-/m0/s1. The molecule has 0 unspecified atom stereocenters. The van der Waals surface area contributed by atoms with E-state index in [9.17, 15) is 5.11 Å². The van der Waals surface area contributed by atoms with Crippen LogP contribution in [0.2, 0.25) is 0 Å². The second-order valence-corrected chi connectivity index (χ2v) is 5.34. The van der Waals surface area contributed by atoms with Gasteiger partial charge < -0.3 is 9.67 Å². The van der Waals surface area contributed by atoms with Gasteiger partial charge in [0.25, 0.3) is 0 Å². The van der Waals surface area contributed by atoms with E-state index in [4.69, 9.17) is 0 Å². The largest absolute Gasteiger partial charge is 0.385 e. The number of aliphatic hydroxyl groups excluding tert-OH is 1. The maximum Gasteiger partial charge on any atom is 0.139 e. The summed E-state index contributed by atoms with van der Waals surface area (Å²) < 4.78 is 2.15. The van der Waals surface area contributed by atoms with Crippen molar-refractivity contribution in [2.24, 2.45) is 0 Å². The summed E-state index contributed by atoms with van der Waals surface area (Å²) in [6, 6.07) is 18.5. The number of nitrogens with zero attached hydrogens (tertiary/aromatic N) is 2. The van der Waals surface area contributed by atoms with Crippen molar-refractivity contribution in [3.05, 3.63) is 66.0 Å². The lowest BCUT2D eigenvalue weighted by atomic mass is 10.1. The maximum atomic E-state index is 10.3. The highest BCUT2D eigenvalue weighted by molar-refractivity contribution is 5.76. The molecule has 3 heteroatoms. The van der Waals surface area contributed by atoms with E-state index in [0.717, 1.165) is 16.9 Å². The van der Waals surface area contributed by atoms with E-state index in [-0.39, 0.29) is 6.04 Å². The van der Waals surface area contributed by atoms with Crippen LogP contribution in [0, 0.1) is 0 Å². The fraction of sp³-hybridized carbons (Fsp3) is 0.278. The molecule has 2 atom stereocenters. The molecule has 0 bridgehead atoms. The number of rotatable bonds is 4. The molecule has 1 aromatic heterocycles. The average molecular weight is 280 g/mol. The second-order valence-electron chi connectivity index (χ2n) is 5.34. The van der Waals surface area contributed by atoms with Crippen LogP contribution in [-0.4, -0.2) is 14.7 Å². The molecular weight excluding hydrogens is 260 g/mol. The molecule has 0 aliphatic heterocycles. The molecule has 0 saturated carbocycles. The molecule has 0 fully saturated rings. The highest BCUT2D eigenvalue weighted by atomic mass is 16.3. The van der Waals surface area contributed by atoms with Crippen molar-refractivity contribution >= 4 is 11.0 Å². The van der Waals surface area contributed by atoms with Crippen molar-refractivity contribution in [3.63, 3.8) is 0 Å². The smallest absolute Gasteiger partial charge is 0.139 e. The predicted molar refractivity (Wildman–Crippen MR) is 85.2 cm³/mol. The van der Waals surface area contributed by atoms with E-state index >= 15 is 0 Å². The van der Waals surface area contributed by atoms with Crippen molar-refractivity contribution in [2.75, 3.05) is 0 Å². The highest BCUT2D eigenvalue weighted by Crippen LogP contribution is 2.29. The third-order valence-corrected chi connectivity index (χ3v) is 3.98. The van der Waals surface area contributed by atoms with Gasteiger partial charge in [-0.2, -0.15) is 0 Å². The molecule has 0 aliphatic rings. The molecule has 0 saturated heterocycles. The van der Waals surface area contributed by atoms with Crippen LogP contribution in [0.25, 0.3) is 11.0 Å². The van der Waals surface area contributed by atoms with Crippen LogP contribution < -0.4 is 0 Å². The summed E-state index contributed by atoms with van der Waals surface area (Å²) in [4.78, 5) is 4.64. The summed E-state index contributed by atoms with van der Waals surface area (Å²) in [6.45, 7) is 4.12. The van der Waals surface area contributed by atoms with E-state index in [1.165, 1.54) is 5.56 Å². The summed E-state index contributed by atoms with van der Waals surface area (Å²) in [6.07, 6.45) is 0.119. The van der Waals surface area contributed by atoms with Crippen LogP contribution in [0.1, 0.15) is 43.8 Å². The molecule has 0 amide bonds.